The van der Waals surface area contributed by atoms with E-state index in [1.54, 1.807) is 12.0 Å². The Labute approximate surface area is 96.3 Å². The summed E-state index contributed by atoms with van der Waals surface area (Å²) in [5, 5.41) is 9.12. The average Bonchev–Trinajstić information content (AvgIpc) is 2.72. The van der Waals surface area contributed by atoms with E-state index in [4.69, 9.17) is 14.6 Å². The maximum absolute atomic E-state index is 11.6. The molecule has 94 valence electrons. The van der Waals surface area contributed by atoms with Crippen molar-refractivity contribution in [1.29, 1.82) is 0 Å². The fourth-order valence-corrected chi connectivity index (χ4v) is 1.83. The molecule has 2 atom stereocenters. The monoisotopic (exact) mass is 231 g/mol. The SMILES string of the molecule is CCCCOC(=O)N1CC(CO)C(OC)C1. The Hall–Kier alpha value is -0.810. The van der Waals surface area contributed by atoms with Crippen molar-refractivity contribution in [3.8, 4) is 0 Å². The molecule has 0 aromatic carbocycles. The van der Waals surface area contributed by atoms with Crippen molar-refractivity contribution < 1.29 is 19.4 Å². The third-order valence-corrected chi connectivity index (χ3v) is 2.90. The zero-order valence-electron chi connectivity index (χ0n) is 10.0. The fraction of sp³-hybridized carbons (Fsp3) is 0.909. The Morgan fingerprint density at radius 1 is 1.50 bits per heavy atom. The van der Waals surface area contributed by atoms with Gasteiger partial charge in [-0.3, -0.25) is 0 Å². The van der Waals surface area contributed by atoms with Crippen molar-refractivity contribution in [2.45, 2.75) is 25.9 Å². The quantitative estimate of drug-likeness (QED) is 0.713. The number of hydrogen-bond acceptors (Lipinski definition) is 4. The summed E-state index contributed by atoms with van der Waals surface area (Å²) < 4.78 is 10.3. The van der Waals surface area contributed by atoms with E-state index in [-0.39, 0.29) is 24.7 Å². The molecule has 0 aromatic rings. The van der Waals surface area contributed by atoms with Crippen LogP contribution in [0.15, 0.2) is 0 Å². The van der Waals surface area contributed by atoms with Gasteiger partial charge in [-0.25, -0.2) is 4.79 Å². The fourth-order valence-electron chi connectivity index (χ4n) is 1.83. The molecule has 1 heterocycles. The molecule has 1 aliphatic rings. The first-order valence-electron chi connectivity index (χ1n) is 5.78. The van der Waals surface area contributed by atoms with Gasteiger partial charge in [-0.2, -0.15) is 0 Å². The van der Waals surface area contributed by atoms with Gasteiger partial charge >= 0.3 is 6.09 Å². The molecule has 5 heteroatoms. The Morgan fingerprint density at radius 3 is 2.75 bits per heavy atom. The minimum atomic E-state index is -0.300. The Bertz CT molecular complexity index is 210. The van der Waals surface area contributed by atoms with Gasteiger partial charge in [0.15, 0.2) is 0 Å². The van der Waals surface area contributed by atoms with E-state index in [9.17, 15) is 4.79 Å². The second-order valence-electron chi connectivity index (χ2n) is 4.09. The standard InChI is InChI=1S/C11H21NO4/c1-3-4-5-16-11(14)12-6-9(8-13)10(7-12)15-2/h9-10,13H,3-8H2,1-2H3. The molecule has 2 unspecified atom stereocenters. The number of unbranched alkanes of at least 4 members (excludes halogenated alkanes) is 1. The number of ether oxygens (including phenoxy) is 2. The second-order valence-corrected chi connectivity index (χ2v) is 4.09. The van der Waals surface area contributed by atoms with Crippen LogP contribution in [0.25, 0.3) is 0 Å². The highest BCUT2D eigenvalue weighted by Gasteiger charge is 2.35. The van der Waals surface area contributed by atoms with Crippen molar-refractivity contribution in [2.75, 3.05) is 33.4 Å². The number of carbonyl (C=O) groups is 1. The molecule has 1 fully saturated rings. The highest BCUT2D eigenvalue weighted by Crippen LogP contribution is 2.19. The van der Waals surface area contributed by atoms with Gasteiger partial charge < -0.3 is 19.5 Å². The van der Waals surface area contributed by atoms with Gasteiger partial charge in [0, 0.05) is 19.6 Å². The van der Waals surface area contributed by atoms with E-state index >= 15 is 0 Å². The zero-order valence-corrected chi connectivity index (χ0v) is 10.0. The molecule has 1 rings (SSSR count). The normalized spacial score (nSPS) is 24.8. The largest absolute Gasteiger partial charge is 0.449 e. The molecule has 16 heavy (non-hydrogen) atoms. The summed E-state index contributed by atoms with van der Waals surface area (Å²) in [5.41, 5.74) is 0. The van der Waals surface area contributed by atoms with Crippen LogP contribution in [0, 0.1) is 5.92 Å². The van der Waals surface area contributed by atoms with Crippen molar-refractivity contribution in [3.05, 3.63) is 0 Å². The molecule has 1 N–H and O–H groups in total. The highest BCUT2D eigenvalue weighted by atomic mass is 16.6. The maximum Gasteiger partial charge on any atom is 0.409 e. The van der Waals surface area contributed by atoms with E-state index in [0.29, 0.717) is 19.7 Å². The Balaban J connectivity index is 2.35. The molecular weight excluding hydrogens is 210 g/mol. The van der Waals surface area contributed by atoms with E-state index in [2.05, 4.69) is 0 Å². The Kier molecular flexibility index (Phi) is 5.55. The third-order valence-electron chi connectivity index (χ3n) is 2.90. The number of hydrogen-bond donors (Lipinski definition) is 1. The lowest BCUT2D eigenvalue weighted by Gasteiger charge is -2.15. The molecular formula is C11H21NO4. The summed E-state index contributed by atoms with van der Waals surface area (Å²) in [6.45, 7) is 3.57. The van der Waals surface area contributed by atoms with Gasteiger partial charge in [0.05, 0.1) is 25.9 Å². The molecule has 1 amide bonds. The number of aliphatic hydroxyl groups excluding tert-OH is 1. The molecule has 1 saturated heterocycles. The van der Waals surface area contributed by atoms with Crippen LogP contribution in [-0.4, -0.2) is 55.6 Å². The summed E-state index contributed by atoms with van der Waals surface area (Å²) in [4.78, 5) is 13.2. The van der Waals surface area contributed by atoms with Crippen LogP contribution >= 0.6 is 0 Å². The molecule has 0 radical (unpaired) electrons. The zero-order chi connectivity index (χ0) is 12.0. The maximum atomic E-state index is 11.6. The minimum absolute atomic E-state index is 0.00345. The van der Waals surface area contributed by atoms with E-state index in [0.717, 1.165) is 12.8 Å². The highest BCUT2D eigenvalue weighted by molar-refractivity contribution is 5.68. The van der Waals surface area contributed by atoms with Crippen LogP contribution in [0.5, 0.6) is 0 Å². The summed E-state index contributed by atoms with van der Waals surface area (Å²) >= 11 is 0. The molecule has 1 aliphatic heterocycles. The van der Waals surface area contributed by atoms with Gasteiger partial charge in [0.25, 0.3) is 0 Å². The number of nitrogens with zero attached hydrogens (tertiary/aromatic N) is 1. The number of carbonyl (C=O) groups excluding carboxylic acids is 1. The number of rotatable bonds is 5. The van der Waals surface area contributed by atoms with E-state index in [1.165, 1.54) is 0 Å². The first-order chi connectivity index (χ1) is 7.72. The number of likely N-dealkylation sites (tertiary alicyclic amines) is 1. The summed E-state index contributed by atoms with van der Waals surface area (Å²) in [6.07, 6.45) is 1.51. The third kappa shape index (κ3) is 3.35. The number of amides is 1. The molecule has 0 bridgehead atoms. The predicted octanol–water partition coefficient (Wildman–Crippen LogP) is 0.862. The van der Waals surface area contributed by atoms with Crippen LogP contribution < -0.4 is 0 Å². The smallest absolute Gasteiger partial charge is 0.409 e. The number of aliphatic hydroxyl groups is 1. The minimum Gasteiger partial charge on any atom is -0.449 e. The number of methoxy groups -OCH3 is 1. The van der Waals surface area contributed by atoms with E-state index < -0.39 is 0 Å². The van der Waals surface area contributed by atoms with Gasteiger partial charge in [-0.05, 0) is 6.42 Å². The topological polar surface area (TPSA) is 59.0 Å². The van der Waals surface area contributed by atoms with Crippen molar-refractivity contribution in [2.24, 2.45) is 5.92 Å². The first kappa shape index (κ1) is 13.3. The van der Waals surface area contributed by atoms with Gasteiger partial charge in [0.2, 0.25) is 0 Å². The van der Waals surface area contributed by atoms with Crippen LogP contribution in [0.1, 0.15) is 19.8 Å². The average molecular weight is 231 g/mol. The van der Waals surface area contributed by atoms with Crippen molar-refractivity contribution in [1.82, 2.24) is 4.90 Å². The first-order valence-corrected chi connectivity index (χ1v) is 5.78. The lowest BCUT2D eigenvalue weighted by molar-refractivity contribution is 0.0548. The van der Waals surface area contributed by atoms with Crippen LogP contribution in [-0.2, 0) is 9.47 Å². The van der Waals surface area contributed by atoms with E-state index in [1.807, 2.05) is 6.92 Å². The summed E-state index contributed by atoms with van der Waals surface area (Å²) in [6, 6.07) is 0. The molecule has 0 aliphatic carbocycles. The predicted molar refractivity (Wildman–Crippen MR) is 59.2 cm³/mol. The second kappa shape index (κ2) is 6.70. The molecule has 0 spiro atoms. The van der Waals surface area contributed by atoms with Crippen LogP contribution in [0.2, 0.25) is 0 Å². The summed E-state index contributed by atoms with van der Waals surface area (Å²) in [5.74, 6) is 0.00345. The Morgan fingerprint density at radius 2 is 2.25 bits per heavy atom. The molecule has 0 saturated carbocycles. The van der Waals surface area contributed by atoms with Crippen molar-refractivity contribution >= 4 is 6.09 Å². The molecule has 0 aromatic heterocycles. The summed E-state index contributed by atoms with van der Waals surface area (Å²) in [7, 11) is 1.60. The lowest BCUT2D eigenvalue weighted by Crippen LogP contribution is -2.30. The van der Waals surface area contributed by atoms with Crippen LogP contribution in [0.4, 0.5) is 4.79 Å². The van der Waals surface area contributed by atoms with Gasteiger partial charge in [-0.15, -0.1) is 0 Å². The van der Waals surface area contributed by atoms with Crippen molar-refractivity contribution in [3.63, 3.8) is 0 Å². The molecule has 5 nitrogen and oxygen atoms in total. The van der Waals surface area contributed by atoms with Gasteiger partial charge in [0.1, 0.15) is 0 Å². The van der Waals surface area contributed by atoms with Crippen LogP contribution in [0.3, 0.4) is 0 Å². The lowest BCUT2D eigenvalue weighted by atomic mass is 10.1. The van der Waals surface area contributed by atoms with Gasteiger partial charge in [-0.1, -0.05) is 13.3 Å².